The van der Waals surface area contributed by atoms with Crippen LogP contribution >= 0.6 is 0 Å². The van der Waals surface area contributed by atoms with E-state index in [9.17, 15) is 19.8 Å². The average molecular weight is 870 g/mol. The van der Waals surface area contributed by atoms with Crippen molar-refractivity contribution in [2.24, 2.45) is 0 Å². The van der Waals surface area contributed by atoms with Crippen LogP contribution in [0, 0.1) is 0 Å². The van der Waals surface area contributed by atoms with Crippen LogP contribution in [0.5, 0.6) is 0 Å². The molecule has 0 bridgehead atoms. The van der Waals surface area contributed by atoms with Gasteiger partial charge >= 0.3 is 5.97 Å². The molecule has 0 aromatic rings. The second kappa shape index (κ2) is 49.8. The number of rotatable bonds is 48. The monoisotopic (exact) mass is 870 g/mol. The van der Waals surface area contributed by atoms with Crippen molar-refractivity contribution in [1.29, 1.82) is 0 Å². The van der Waals surface area contributed by atoms with Crippen molar-refractivity contribution in [3.63, 3.8) is 0 Å². The lowest BCUT2D eigenvalue weighted by molar-refractivity contribution is -0.151. The number of nitrogens with one attached hydrogen (secondary N) is 1. The number of esters is 1. The largest absolute Gasteiger partial charge is 0.462 e. The minimum Gasteiger partial charge on any atom is -0.462 e. The van der Waals surface area contributed by atoms with Crippen molar-refractivity contribution in [3.05, 3.63) is 48.6 Å². The first-order chi connectivity index (χ1) is 30.5. The summed E-state index contributed by atoms with van der Waals surface area (Å²) in [5.74, 6) is -0.525. The van der Waals surface area contributed by atoms with Crippen molar-refractivity contribution in [2.75, 3.05) is 6.61 Å². The molecular weight excluding hydrogens is 767 g/mol. The number of amides is 1. The Morgan fingerprint density at radius 1 is 0.468 bits per heavy atom. The molecule has 0 aromatic heterocycles. The maximum Gasteiger partial charge on any atom is 0.306 e. The zero-order chi connectivity index (χ0) is 45.2. The molecule has 0 rings (SSSR count). The fourth-order valence-electron chi connectivity index (χ4n) is 8.02. The van der Waals surface area contributed by atoms with Crippen LogP contribution in [0.25, 0.3) is 0 Å². The van der Waals surface area contributed by atoms with Gasteiger partial charge in [0, 0.05) is 6.42 Å². The molecule has 3 atom stereocenters. The number of ether oxygens (including phenoxy) is 1. The van der Waals surface area contributed by atoms with Crippen molar-refractivity contribution in [2.45, 2.75) is 289 Å². The lowest BCUT2D eigenvalue weighted by Crippen LogP contribution is -2.46. The number of hydrogen-bond donors (Lipinski definition) is 3. The molecule has 362 valence electrons. The number of hydrogen-bond acceptors (Lipinski definition) is 5. The molecule has 62 heavy (non-hydrogen) atoms. The number of aliphatic hydroxyl groups excluding tert-OH is 2. The van der Waals surface area contributed by atoms with Gasteiger partial charge in [0.2, 0.25) is 5.91 Å². The third-order valence-electron chi connectivity index (χ3n) is 12.1. The van der Waals surface area contributed by atoms with Gasteiger partial charge in [-0.05, 0) is 89.9 Å². The van der Waals surface area contributed by atoms with E-state index in [-0.39, 0.29) is 24.9 Å². The molecule has 6 heteroatoms. The molecular formula is C56H103NO5. The summed E-state index contributed by atoms with van der Waals surface area (Å²) in [4.78, 5) is 26.1. The Bertz CT molecular complexity index is 1070. The minimum atomic E-state index is -0.800. The number of carbonyl (C=O) groups excluding carboxylic acids is 2. The van der Waals surface area contributed by atoms with E-state index in [2.05, 4.69) is 74.7 Å². The second-order valence-electron chi connectivity index (χ2n) is 18.3. The summed E-state index contributed by atoms with van der Waals surface area (Å²) in [6.07, 6.45) is 60.3. The number of unbranched alkanes of at least 4 members (excludes halogenated alkanes) is 28. The molecule has 0 aliphatic rings. The summed E-state index contributed by atoms with van der Waals surface area (Å²) in [5.41, 5.74) is 0. The molecule has 0 heterocycles. The first-order valence-corrected chi connectivity index (χ1v) is 26.9. The summed E-state index contributed by atoms with van der Waals surface area (Å²) in [6, 6.07) is -0.716. The van der Waals surface area contributed by atoms with E-state index in [0.717, 1.165) is 83.5 Å². The summed E-state index contributed by atoms with van der Waals surface area (Å²) >= 11 is 0. The zero-order valence-electron chi connectivity index (χ0n) is 41.3. The highest BCUT2D eigenvalue weighted by atomic mass is 16.5. The van der Waals surface area contributed by atoms with E-state index in [4.69, 9.17) is 4.74 Å². The Morgan fingerprint density at radius 3 is 1.31 bits per heavy atom. The van der Waals surface area contributed by atoms with Gasteiger partial charge in [0.15, 0.2) is 0 Å². The van der Waals surface area contributed by atoms with E-state index >= 15 is 0 Å². The quantitative estimate of drug-likeness (QED) is 0.0322. The van der Waals surface area contributed by atoms with Crippen LogP contribution in [-0.4, -0.2) is 46.9 Å². The molecule has 0 aliphatic heterocycles. The van der Waals surface area contributed by atoms with Crippen molar-refractivity contribution in [3.8, 4) is 0 Å². The van der Waals surface area contributed by atoms with E-state index in [1.54, 1.807) is 0 Å². The zero-order valence-corrected chi connectivity index (χ0v) is 41.3. The third-order valence-corrected chi connectivity index (χ3v) is 12.1. The van der Waals surface area contributed by atoms with Gasteiger partial charge in [-0.2, -0.15) is 0 Å². The van der Waals surface area contributed by atoms with Crippen LogP contribution < -0.4 is 5.32 Å². The molecule has 0 aromatic carbocycles. The Balaban J connectivity index is 4.63. The maximum atomic E-state index is 13.2. The minimum absolute atomic E-state index is 0.0466. The van der Waals surface area contributed by atoms with Gasteiger partial charge in [-0.15, -0.1) is 0 Å². The van der Waals surface area contributed by atoms with Gasteiger partial charge in [-0.25, -0.2) is 0 Å². The highest BCUT2D eigenvalue weighted by Gasteiger charge is 2.24. The smallest absolute Gasteiger partial charge is 0.306 e. The number of aliphatic hydroxyl groups is 2. The Hall–Kier alpha value is -2.18. The second-order valence-corrected chi connectivity index (χ2v) is 18.3. The van der Waals surface area contributed by atoms with Crippen molar-refractivity contribution in [1.82, 2.24) is 5.32 Å². The van der Waals surface area contributed by atoms with Crippen LogP contribution in [0.4, 0.5) is 0 Å². The maximum absolute atomic E-state index is 13.2. The van der Waals surface area contributed by atoms with Crippen LogP contribution in [0.1, 0.15) is 271 Å². The highest BCUT2D eigenvalue weighted by molar-refractivity contribution is 5.77. The number of carbonyl (C=O) groups is 2. The Kier molecular flexibility index (Phi) is 48.1. The summed E-state index contributed by atoms with van der Waals surface area (Å²) in [6.45, 7) is 6.45. The predicted octanol–water partition coefficient (Wildman–Crippen LogP) is 16.2. The van der Waals surface area contributed by atoms with Crippen molar-refractivity contribution >= 4 is 11.9 Å². The SMILES string of the molecule is CCCCC/C=C\C/C=C\C/C=C\CCCCC(CC(=O)NC(CO)C(O)CCCCCCCCCCCCCCCCC)OC(=O)CCCCC/C=C\CCCCCCCC. The van der Waals surface area contributed by atoms with Gasteiger partial charge in [-0.3, -0.25) is 9.59 Å². The van der Waals surface area contributed by atoms with Gasteiger partial charge in [0.25, 0.3) is 0 Å². The predicted molar refractivity (Wildman–Crippen MR) is 269 cm³/mol. The molecule has 0 spiro atoms. The third kappa shape index (κ3) is 44.4. The van der Waals surface area contributed by atoms with Crippen LogP contribution in [0.3, 0.4) is 0 Å². The molecule has 0 fully saturated rings. The van der Waals surface area contributed by atoms with Gasteiger partial charge in [0.1, 0.15) is 6.10 Å². The lowest BCUT2D eigenvalue weighted by atomic mass is 10.0. The Labute approximate surface area is 385 Å². The molecule has 0 saturated carbocycles. The van der Waals surface area contributed by atoms with E-state index in [1.165, 1.54) is 141 Å². The van der Waals surface area contributed by atoms with Gasteiger partial charge in [-0.1, -0.05) is 217 Å². The van der Waals surface area contributed by atoms with Crippen LogP contribution in [-0.2, 0) is 14.3 Å². The first-order valence-electron chi connectivity index (χ1n) is 26.9. The summed E-state index contributed by atoms with van der Waals surface area (Å²) in [7, 11) is 0. The van der Waals surface area contributed by atoms with Crippen molar-refractivity contribution < 1.29 is 24.5 Å². The molecule has 6 nitrogen and oxygen atoms in total. The lowest BCUT2D eigenvalue weighted by Gasteiger charge is -2.24. The van der Waals surface area contributed by atoms with Crippen LogP contribution in [0.2, 0.25) is 0 Å². The van der Waals surface area contributed by atoms with Gasteiger partial charge in [0.05, 0.1) is 25.2 Å². The van der Waals surface area contributed by atoms with Crippen LogP contribution in [0.15, 0.2) is 48.6 Å². The normalized spacial score (nSPS) is 13.6. The summed E-state index contributed by atoms with van der Waals surface area (Å²) < 4.78 is 5.91. The Morgan fingerprint density at radius 2 is 0.823 bits per heavy atom. The van der Waals surface area contributed by atoms with E-state index < -0.39 is 18.2 Å². The van der Waals surface area contributed by atoms with E-state index in [1.807, 2.05) is 0 Å². The van der Waals surface area contributed by atoms with Gasteiger partial charge < -0.3 is 20.3 Å². The number of allylic oxidation sites excluding steroid dienone is 8. The average Bonchev–Trinajstić information content (AvgIpc) is 3.26. The summed E-state index contributed by atoms with van der Waals surface area (Å²) in [5, 5.41) is 23.8. The highest BCUT2D eigenvalue weighted by Crippen LogP contribution is 2.17. The topological polar surface area (TPSA) is 95.9 Å². The molecule has 0 radical (unpaired) electrons. The fourth-order valence-corrected chi connectivity index (χ4v) is 8.02. The molecule has 0 aliphatic carbocycles. The fraction of sp³-hybridized carbons (Fsp3) is 0.821. The molecule has 3 unspecified atom stereocenters. The first kappa shape index (κ1) is 59.8. The molecule has 1 amide bonds. The standard InChI is InChI=1S/C56H103NO5/c1-4-7-10-13-16-19-22-25-27-30-32-35-38-41-44-47-52(62-56(61)49-46-43-40-37-34-29-24-21-18-15-12-9-6-3)50-55(60)57-53(51-58)54(59)48-45-42-39-36-33-31-28-26-23-20-17-14-11-8-5-2/h16,19,25,27,29,32,34-35,52-54,58-59H,4-15,17-18,20-24,26,28,30-31,33,36-51H2,1-3H3,(H,57,60)/b19-16-,27-25-,34-29-,35-32-. The molecule has 0 saturated heterocycles. The molecule has 3 N–H and O–H groups in total. The van der Waals surface area contributed by atoms with E-state index in [0.29, 0.717) is 19.3 Å².